The molecular weight excluding hydrogens is 285 g/mol. The van der Waals surface area contributed by atoms with Gasteiger partial charge in [0, 0.05) is 12.6 Å². The lowest BCUT2D eigenvalue weighted by atomic mass is 10.1. The molecule has 0 atom stereocenters. The predicted molar refractivity (Wildman–Crippen MR) is 69.1 cm³/mol. The van der Waals surface area contributed by atoms with Crippen LogP contribution in [0.2, 0.25) is 0 Å². The second kappa shape index (κ2) is 4.98. The first-order chi connectivity index (χ1) is 8.15. The van der Waals surface area contributed by atoms with Crippen LogP contribution in [0.1, 0.15) is 5.82 Å². The highest BCUT2D eigenvalue weighted by Crippen LogP contribution is 2.29. The normalized spacial score (nSPS) is 10.8. The molecule has 5 heteroatoms. The van der Waals surface area contributed by atoms with Crippen LogP contribution >= 0.6 is 15.9 Å². The maximum atomic E-state index is 13.7. The fourth-order valence-electron chi connectivity index (χ4n) is 1.66. The Labute approximate surface area is 108 Å². The molecule has 2 rings (SSSR count). The van der Waals surface area contributed by atoms with Gasteiger partial charge in [-0.05, 0) is 35.1 Å². The molecule has 0 spiro atoms. The molecule has 0 radical (unpaired) electrons. The summed E-state index contributed by atoms with van der Waals surface area (Å²) in [6.07, 6.45) is 0. The van der Waals surface area contributed by atoms with Crippen LogP contribution < -0.4 is 5.32 Å². The first-order valence-electron chi connectivity index (χ1n) is 5.25. The lowest BCUT2D eigenvalue weighted by molar-refractivity contribution is 0.630. The number of nitrogens with one attached hydrogen (secondary N) is 1. The highest BCUT2D eigenvalue weighted by molar-refractivity contribution is 9.10. The van der Waals surface area contributed by atoms with E-state index in [9.17, 15) is 4.39 Å². The van der Waals surface area contributed by atoms with Gasteiger partial charge in [-0.2, -0.15) is 0 Å². The molecule has 0 saturated heterocycles. The number of hydrogen-bond acceptors (Lipinski definition) is 2. The van der Waals surface area contributed by atoms with Gasteiger partial charge in [-0.25, -0.2) is 9.37 Å². The summed E-state index contributed by atoms with van der Waals surface area (Å²) in [6, 6.07) is 6.64. The van der Waals surface area contributed by atoms with Crippen LogP contribution in [0.15, 0.2) is 28.9 Å². The smallest absolute Gasteiger partial charge is 0.132 e. The molecule has 1 N–H and O–H groups in total. The van der Waals surface area contributed by atoms with Crippen molar-refractivity contribution in [1.82, 2.24) is 14.9 Å². The van der Waals surface area contributed by atoms with Gasteiger partial charge >= 0.3 is 0 Å². The van der Waals surface area contributed by atoms with Crippen LogP contribution in [-0.4, -0.2) is 16.6 Å². The second-order valence-corrected chi connectivity index (χ2v) is 4.49. The Balaban J connectivity index is 2.53. The Morgan fingerprint density at radius 1 is 1.41 bits per heavy atom. The molecule has 1 heterocycles. The van der Waals surface area contributed by atoms with Crippen LogP contribution in [0.25, 0.3) is 11.3 Å². The summed E-state index contributed by atoms with van der Waals surface area (Å²) in [6.45, 7) is 0.642. The summed E-state index contributed by atoms with van der Waals surface area (Å²) in [5.41, 5.74) is 1.15. The van der Waals surface area contributed by atoms with E-state index in [-0.39, 0.29) is 5.82 Å². The van der Waals surface area contributed by atoms with E-state index in [1.165, 1.54) is 6.07 Å². The molecule has 0 aliphatic carbocycles. The molecule has 3 nitrogen and oxygen atoms in total. The molecule has 0 bridgehead atoms. The number of halogens is 2. The number of aromatic nitrogens is 2. The van der Waals surface area contributed by atoms with Crippen molar-refractivity contribution in [3.05, 3.63) is 40.5 Å². The Hall–Kier alpha value is -1.20. The third kappa shape index (κ3) is 2.25. The second-order valence-electron chi connectivity index (χ2n) is 3.74. The number of hydrogen-bond donors (Lipinski definition) is 1. The summed E-state index contributed by atoms with van der Waals surface area (Å²) in [5, 5.41) is 3.03. The SMILES string of the molecule is CNCc1nc(-c2ccccc2F)c(Br)n1C. The molecule has 0 saturated carbocycles. The van der Waals surface area contributed by atoms with E-state index in [0.29, 0.717) is 17.8 Å². The van der Waals surface area contributed by atoms with E-state index < -0.39 is 0 Å². The molecular formula is C12H13BrFN3. The van der Waals surface area contributed by atoms with Gasteiger partial charge in [-0.3, -0.25) is 0 Å². The first kappa shape index (κ1) is 12.3. The van der Waals surface area contributed by atoms with Crippen LogP contribution in [0.4, 0.5) is 4.39 Å². The molecule has 1 aromatic carbocycles. The maximum Gasteiger partial charge on any atom is 0.132 e. The van der Waals surface area contributed by atoms with Gasteiger partial charge < -0.3 is 9.88 Å². The van der Waals surface area contributed by atoms with Crippen molar-refractivity contribution >= 4 is 15.9 Å². The summed E-state index contributed by atoms with van der Waals surface area (Å²) in [5.74, 6) is 0.597. The summed E-state index contributed by atoms with van der Waals surface area (Å²) in [4.78, 5) is 4.44. The number of benzene rings is 1. The lowest BCUT2D eigenvalue weighted by Crippen LogP contribution is -2.10. The zero-order valence-electron chi connectivity index (χ0n) is 9.67. The Morgan fingerprint density at radius 3 is 2.76 bits per heavy atom. The molecule has 0 fully saturated rings. The van der Waals surface area contributed by atoms with E-state index in [2.05, 4.69) is 26.2 Å². The lowest BCUT2D eigenvalue weighted by Gasteiger charge is -2.00. The molecule has 17 heavy (non-hydrogen) atoms. The van der Waals surface area contributed by atoms with Crippen molar-refractivity contribution in [3.63, 3.8) is 0 Å². The Morgan fingerprint density at radius 2 is 2.12 bits per heavy atom. The van der Waals surface area contributed by atoms with Crippen molar-refractivity contribution in [1.29, 1.82) is 0 Å². The molecule has 90 valence electrons. The van der Waals surface area contributed by atoms with Crippen LogP contribution in [0.5, 0.6) is 0 Å². The fraction of sp³-hybridized carbons (Fsp3) is 0.250. The third-order valence-corrected chi connectivity index (χ3v) is 3.49. The highest BCUT2D eigenvalue weighted by Gasteiger charge is 2.16. The minimum atomic E-state index is -0.262. The van der Waals surface area contributed by atoms with Crippen LogP contribution in [0, 0.1) is 5.82 Å². The molecule has 1 aromatic heterocycles. The minimum absolute atomic E-state index is 0.262. The largest absolute Gasteiger partial charge is 0.324 e. The topological polar surface area (TPSA) is 29.9 Å². The van der Waals surface area contributed by atoms with Crippen LogP contribution in [-0.2, 0) is 13.6 Å². The van der Waals surface area contributed by atoms with Crippen molar-refractivity contribution in [2.24, 2.45) is 7.05 Å². The zero-order valence-corrected chi connectivity index (χ0v) is 11.3. The number of rotatable bonds is 3. The van der Waals surface area contributed by atoms with Crippen LogP contribution in [0.3, 0.4) is 0 Å². The maximum absolute atomic E-state index is 13.7. The van der Waals surface area contributed by atoms with Gasteiger partial charge in [0.15, 0.2) is 0 Å². The van der Waals surface area contributed by atoms with Gasteiger partial charge in [-0.1, -0.05) is 12.1 Å². The van der Waals surface area contributed by atoms with Crippen molar-refractivity contribution in [2.75, 3.05) is 7.05 Å². The fourth-order valence-corrected chi connectivity index (χ4v) is 2.17. The molecule has 0 aliphatic heterocycles. The van der Waals surface area contributed by atoms with E-state index in [0.717, 1.165) is 10.4 Å². The third-order valence-electron chi connectivity index (χ3n) is 2.58. The molecule has 0 unspecified atom stereocenters. The quantitative estimate of drug-likeness (QED) is 0.944. The van der Waals surface area contributed by atoms with E-state index in [4.69, 9.17) is 0 Å². The number of imidazole rings is 1. The zero-order chi connectivity index (χ0) is 12.4. The minimum Gasteiger partial charge on any atom is -0.324 e. The van der Waals surface area contributed by atoms with E-state index >= 15 is 0 Å². The summed E-state index contributed by atoms with van der Waals surface area (Å²) in [7, 11) is 3.75. The van der Waals surface area contributed by atoms with Gasteiger partial charge in [0.05, 0.1) is 6.54 Å². The first-order valence-corrected chi connectivity index (χ1v) is 6.05. The van der Waals surface area contributed by atoms with E-state index in [1.54, 1.807) is 18.2 Å². The standard InChI is InChI=1S/C12H13BrFN3/c1-15-7-10-16-11(12(13)17(10)2)8-5-3-4-6-9(8)14/h3-6,15H,7H2,1-2H3. The average molecular weight is 298 g/mol. The van der Waals surface area contributed by atoms with Gasteiger partial charge in [-0.15, -0.1) is 0 Å². The summed E-state index contributed by atoms with van der Waals surface area (Å²) >= 11 is 3.45. The monoisotopic (exact) mass is 297 g/mol. The number of nitrogens with zero attached hydrogens (tertiary/aromatic N) is 2. The van der Waals surface area contributed by atoms with Gasteiger partial charge in [0.1, 0.15) is 21.9 Å². The molecule has 0 aliphatic rings. The Kier molecular flexibility index (Phi) is 3.59. The molecule has 2 aromatic rings. The van der Waals surface area contributed by atoms with Crippen molar-refractivity contribution in [3.8, 4) is 11.3 Å². The summed E-state index contributed by atoms with van der Waals surface area (Å²) < 4.78 is 16.4. The Bertz CT molecular complexity index is 537. The predicted octanol–water partition coefficient (Wildman–Crippen LogP) is 2.71. The van der Waals surface area contributed by atoms with Gasteiger partial charge in [0.2, 0.25) is 0 Å². The van der Waals surface area contributed by atoms with Crippen molar-refractivity contribution < 1.29 is 4.39 Å². The van der Waals surface area contributed by atoms with Crippen molar-refractivity contribution in [2.45, 2.75) is 6.54 Å². The van der Waals surface area contributed by atoms with E-state index in [1.807, 2.05) is 18.7 Å². The highest BCUT2D eigenvalue weighted by atomic mass is 79.9. The van der Waals surface area contributed by atoms with Gasteiger partial charge in [0.25, 0.3) is 0 Å². The average Bonchev–Trinajstić information content (AvgIpc) is 2.59. The molecule has 0 amide bonds.